The van der Waals surface area contributed by atoms with Gasteiger partial charge in [0.2, 0.25) is 0 Å². The quantitative estimate of drug-likeness (QED) is 0.463. The van der Waals surface area contributed by atoms with E-state index in [1.165, 1.54) is 77.0 Å². The third-order valence-corrected chi connectivity index (χ3v) is 3.16. The molecule has 14 heavy (non-hydrogen) atoms. The van der Waals surface area contributed by atoms with Gasteiger partial charge in [-0.3, -0.25) is 0 Å². The lowest BCUT2D eigenvalue weighted by molar-refractivity contribution is 0.550. The number of allylic oxidation sites excluding steroid dienone is 2. The first kappa shape index (κ1) is 11.8. The average molecular weight is 194 g/mol. The van der Waals surface area contributed by atoms with Crippen molar-refractivity contribution in [3.8, 4) is 0 Å². The third-order valence-electron chi connectivity index (χ3n) is 3.16. The Morgan fingerprint density at radius 3 is 1.00 bits per heavy atom. The van der Waals surface area contributed by atoms with Crippen molar-refractivity contribution in [1.29, 1.82) is 0 Å². The molecule has 0 N–H and O–H groups in total. The van der Waals surface area contributed by atoms with Crippen LogP contribution in [0.25, 0.3) is 0 Å². The van der Waals surface area contributed by atoms with Gasteiger partial charge in [-0.05, 0) is 25.7 Å². The van der Waals surface area contributed by atoms with E-state index in [0.29, 0.717) is 0 Å². The van der Waals surface area contributed by atoms with Crippen molar-refractivity contribution in [3.05, 3.63) is 12.2 Å². The highest BCUT2D eigenvalue weighted by atomic mass is 14.0. The number of hydrogen-bond acceptors (Lipinski definition) is 0. The molecule has 1 rings (SSSR count). The minimum Gasteiger partial charge on any atom is -0.0885 e. The van der Waals surface area contributed by atoms with Crippen LogP contribution in [0.15, 0.2) is 12.2 Å². The fourth-order valence-corrected chi connectivity index (χ4v) is 2.17. The van der Waals surface area contributed by atoms with Gasteiger partial charge in [0.05, 0.1) is 0 Å². The van der Waals surface area contributed by atoms with Crippen molar-refractivity contribution < 1.29 is 0 Å². The summed E-state index contributed by atoms with van der Waals surface area (Å²) in [5.74, 6) is 0. The summed E-state index contributed by atoms with van der Waals surface area (Å²) in [6.07, 6.45) is 22.0. The maximum Gasteiger partial charge on any atom is -0.0351 e. The molecule has 0 saturated carbocycles. The molecule has 0 saturated heterocycles. The average Bonchev–Trinajstić information content (AvgIpc) is 2.22. The molecule has 0 spiro atoms. The summed E-state index contributed by atoms with van der Waals surface area (Å²) in [7, 11) is 0. The zero-order valence-electron chi connectivity index (χ0n) is 9.64. The van der Waals surface area contributed by atoms with Crippen LogP contribution in [0.4, 0.5) is 0 Å². The molecule has 0 radical (unpaired) electrons. The second kappa shape index (κ2) is 9.30. The van der Waals surface area contributed by atoms with Crippen LogP contribution in [0, 0.1) is 0 Å². The van der Waals surface area contributed by atoms with Crippen LogP contribution in [-0.4, -0.2) is 0 Å². The summed E-state index contributed by atoms with van der Waals surface area (Å²) in [6, 6.07) is 0. The molecule has 0 atom stereocenters. The second-order valence-electron chi connectivity index (χ2n) is 4.58. The molecule has 0 aliphatic heterocycles. The molecule has 0 amide bonds. The standard InChI is InChI=1S/C14H26/c1-2-4-6-8-10-12-14-13-11-9-7-5-3-1/h1-2H,3-14H2/b2-1+. The van der Waals surface area contributed by atoms with E-state index in [0.717, 1.165) is 0 Å². The molecule has 0 aromatic rings. The Morgan fingerprint density at radius 2 is 0.643 bits per heavy atom. The number of hydrogen-bond donors (Lipinski definition) is 0. The lowest BCUT2D eigenvalue weighted by atomic mass is 10.0. The monoisotopic (exact) mass is 194 g/mol. The highest BCUT2D eigenvalue weighted by Crippen LogP contribution is 2.13. The van der Waals surface area contributed by atoms with E-state index in [9.17, 15) is 0 Å². The van der Waals surface area contributed by atoms with E-state index >= 15 is 0 Å². The second-order valence-corrected chi connectivity index (χ2v) is 4.58. The van der Waals surface area contributed by atoms with Crippen LogP contribution < -0.4 is 0 Å². The Hall–Kier alpha value is -0.260. The molecule has 0 nitrogen and oxygen atoms in total. The lowest BCUT2D eigenvalue weighted by Crippen LogP contribution is -1.83. The predicted molar refractivity (Wildman–Crippen MR) is 64.5 cm³/mol. The Bertz CT molecular complexity index is 119. The van der Waals surface area contributed by atoms with E-state index in [-0.39, 0.29) is 0 Å². The van der Waals surface area contributed by atoms with E-state index in [4.69, 9.17) is 0 Å². The molecule has 0 fully saturated rings. The zero-order chi connectivity index (χ0) is 9.90. The van der Waals surface area contributed by atoms with Crippen molar-refractivity contribution in [2.75, 3.05) is 0 Å². The van der Waals surface area contributed by atoms with E-state index < -0.39 is 0 Å². The summed E-state index contributed by atoms with van der Waals surface area (Å²) in [4.78, 5) is 0. The van der Waals surface area contributed by atoms with Crippen LogP contribution in [0.2, 0.25) is 0 Å². The van der Waals surface area contributed by atoms with Gasteiger partial charge in [0.1, 0.15) is 0 Å². The Morgan fingerprint density at radius 1 is 0.357 bits per heavy atom. The topological polar surface area (TPSA) is 0 Å². The maximum atomic E-state index is 2.39. The SMILES string of the molecule is C1=C/CCCCCCCCCCCC/1. The summed E-state index contributed by atoms with van der Waals surface area (Å²) < 4.78 is 0. The van der Waals surface area contributed by atoms with Crippen molar-refractivity contribution in [1.82, 2.24) is 0 Å². The summed E-state index contributed by atoms with van der Waals surface area (Å²) in [5.41, 5.74) is 0. The Kier molecular flexibility index (Phi) is 7.85. The van der Waals surface area contributed by atoms with E-state index in [1.807, 2.05) is 0 Å². The van der Waals surface area contributed by atoms with Crippen LogP contribution >= 0.6 is 0 Å². The Balaban J connectivity index is 2.09. The van der Waals surface area contributed by atoms with Gasteiger partial charge in [-0.1, -0.05) is 63.5 Å². The minimum absolute atomic E-state index is 1.32. The fourth-order valence-electron chi connectivity index (χ4n) is 2.17. The normalized spacial score (nSPS) is 25.1. The van der Waals surface area contributed by atoms with Crippen molar-refractivity contribution in [3.63, 3.8) is 0 Å². The first-order chi connectivity index (χ1) is 7.00. The van der Waals surface area contributed by atoms with Crippen molar-refractivity contribution >= 4 is 0 Å². The lowest BCUT2D eigenvalue weighted by Gasteiger charge is -2.03. The van der Waals surface area contributed by atoms with Crippen molar-refractivity contribution in [2.24, 2.45) is 0 Å². The molecule has 1 aliphatic rings. The van der Waals surface area contributed by atoms with Gasteiger partial charge in [0.15, 0.2) is 0 Å². The molecule has 0 aromatic heterocycles. The first-order valence-electron chi connectivity index (χ1n) is 6.65. The highest BCUT2D eigenvalue weighted by molar-refractivity contribution is 4.81. The first-order valence-corrected chi connectivity index (χ1v) is 6.65. The fraction of sp³-hybridized carbons (Fsp3) is 0.857. The largest absolute Gasteiger partial charge is 0.0885 e. The molecular formula is C14H26. The van der Waals surface area contributed by atoms with Crippen LogP contribution in [-0.2, 0) is 0 Å². The summed E-state index contributed by atoms with van der Waals surface area (Å²) in [6.45, 7) is 0. The molecule has 0 heterocycles. The molecule has 82 valence electrons. The summed E-state index contributed by atoms with van der Waals surface area (Å²) in [5, 5.41) is 0. The van der Waals surface area contributed by atoms with Gasteiger partial charge in [-0.2, -0.15) is 0 Å². The molecule has 0 unspecified atom stereocenters. The van der Waals surface area contributed by atoms with Crippen molar-refractivity contribution in [2.45, 2.75) is 77.0 Å². The van der Waals surface area contributed by atoms with Gasteiger partial charge in [-0.15, -0.1) is 0 Å². The van der Waals surface area contributed by atoms with Gasteiger partial charge in [0.25, 0.3) is 0 Å². The minimum atomic E-state index is 1.32. The van der Waals surface area contributed by atoms with Crippen LogP contribution in [0.3, 0.4) is 0 Å². The van der Waals surface area contributed by atoms with E-state index in [2.05, 4.69) is 12.2 Å². The number of rotatable bonds is 0. The predicted octanol–water partition coefficient (Wildman–Crippen LogP) is 5.24. The Labute approximate surface area is 89.8 Å². The van der Waals surface area contributed by atoms with Gasteiger partial charge in [-0.25, -0.2) is 0 Å². The van der Waals surface area contributed by atoms with Gasteiger partial charge in [0, 0.05) is 0 Å². The smallest absolute Gasteiger partial charge is 0.0351 e. The highest BCUT2D eigenvalue weighted by Gasteiger charge is 1.93. The zero-order valence-corrected chi connectivity index (χ0v) is 9.64. The molecule has 0 heteroatoms. The van der Waals surface area contributed by atoms with Gasteiger partial charge >= 0.3 is 0 Å². The van der Waals surface area contributed by atoms with Crippen LogP contribution in [0.1, 0.15) is 77.0 Å². The molecular weight excluding hydrogens is 168 g/mol. The third kappa shape index (κ3) is 7.17. The maximum absolute atomic E-state index is 2.39. The molecule has 0 bridgehead atoms. The van der Waals surface area contributed by atoms with E-state index in [1.54, 1.807) is 0 Å². The van der Waals surface area contributed by atoms with Crippen LogP contribution in [0.5, 0.6) is 0 Å². The summed E-state index contributed by atoms with van der Waals surface area (Å²) >= 11 is 0. The molecule has 0 aromatic carbocycles. The van der Waals surface area contributed by atoms with Gasteiger partial charge < -0.3 is 0 Å². The molecule has 1 aliphatic carbocycles.